The van der Waals surface area contributed by atoms with Crippen LogP contribution >= 0.6 is 0 Å². The first-order chi connectivity index (χ1) is 29.7. The Hall–Kier alpha value is -7.94. The number of anilines is 3. The maximum atomic E-state index is 6.91. The molecule has 0 saturated carbocycles. The van der Waals surface area contributed by atoms with Gasteiger partial charge in [0.2, 0.25) is 0 Å². The van der Waals surface area contributed by atoms with Gasteiger partial charge in [0.15, 0.2) is 5.58 Å². The van der Waals surface area contributed by atoms with Crippen molar-refractivity contribution in [2.75, 3.05) is 4.90 Å². The monoisotopic (exact) mass is 765 g/mol. The summed E-state index contributed by atoms with van der Waals surface area (Å²) in [6.07, 6.45) is 0. The van der Waals surface area contributed by atoms with Crippen molar-refractivity contribution in [2.45, 2.75) is 0 Å². The van der Waals surface area contributed by atoms with Crippen LogP contribution in [0, 0.1) is 0 Å². The molecule has 2 heteroatoms. The van der Waals surface area contributed by atoms with Crippen LogP contribution in [0.4, 0.5) is 17.1 Å². The molecule has 0 fully saturated rings. The molecule has 1 heterocycles. The van der Waals surface area contributed by atoms with E-state index in [1.165, 1.54) is 44.2 Å². The average Bonchev–Trinajstić information content (AvgIpc) is 3.71. The van der Waals surface area contributed by atoms with Gasteiger partial charge in [0.05, 0.1) is 5.69 Å². The third-order valence-corrected chi connectivity index (χ3v) is 11.7. The number of furan rings is 1. The highest BCUT2D eigenvalue weighted by Gasteiger charge is 2.21. The lowest BCUT2D eigenvalue weighted by molar-refractivity contribution is 0.669. The van der Waals surface area contributed by atoms with E-state index in [0.29, 0.717) is 0 Å². The number of para-hydroxylation sites is 1. The van der Waals surface area contributed by atoms with Crippen molar-refractivity contribution in [3.05, 3.63) is 237 Å². The molecule has 2 nitrogen and oxygen atoms in total. The Morgan fingerprint density at radius 1 is 0.283 bits per heavy atom. The molecule has 0 saturated heterocycles. The van der Waals surface area contributed by atoms with Crippen molar-refractivity contribution >= 4 is 49.8 Å². The third-order valence-electron chi connectivity index (χ3n) is 11.7. The molecule has 11 aromatic rings. The summed E-state index contributed by atoms with van der Waals surface area (Å²) in [6, 6.07) is 84.7. The van der Waals surface area contributed by atoms with Crippen LogP contribution in [0.5, 0.6) is 0 Å². The Labute approximate surface area is 349 Å². The van der Waals surface area contributed by atoms with Gasteiger partial charge in [-0.3, -0.25) is 0 Å². The van der Waals surface area contributed by atoms with E-state index in [9.17, 15) is 0 Å². The van der Waals surface area contributed by atoms with Gasteiger partial charge < -0.3 is 9.32 Å². The highest BCUT2D eigenvalue weighted by Crippen LogP contribution is 2.45. The molecule has 0 atom stereocenters. The fraction of sp³-hybridized carbons (Fsp3) is 0. The van der Waals surface area contributed by atoms with Gasteiger partial charge in [-0.15, -0.1) is 0 Å². The summed E-state index contributed by atoms with van der Waals surface area (Å²) in [5.74, 6) is 0. The van der Waals surface area contributed by atoms with Crippen molar-refractivity contribution in [2.24, 2.45) is 0 Å². The molecular formula is C58H39NO. The lowest BCUT2D eigenvalue weighted by Crippen LogP contribution is -2.10. The van der Waals surface area contributed by atoms with Gasteiger partial charge >= 0.3 is 0 Å². The SMILES string of the molecule is c1ccc(-c2ccc3c(c2)oc2c(N(c4ccc(-c5ccccc5-c5ccccc5)cc4)c4cccc(-c5cccc6ccc(-c7ccccc7)cc56)c4)cccc23)cc1. The number of benzene rings is 10. The highest BCUT2D eigenvalue weighted by molar-refractivity contribution is 6.11. The lowest BCUT2D eigenvalue weighted by Gasteiger charge is -2.26. The second-order valence-corrected chi connectivity index (χ2v) is 15.3. The first kappa shape index (κ1) is 35.2. The Kier molecular flexibility index (Phi) is 8.87. The molecule has 0 aliphatic heterocycles. The predicted molar refractivity (Wildman–Crippen MR) is 253 cm³/mol. The molecule has 0 N–H and O–H groups in total. The number of hydrogen-bond acceptors (Lipinski definition) is 2. The van der Waals surface area contributed by atoms with Gasteiger partial charge in [0.1, 0.15) is 5.58 Å². The van der Waals surface area contributed by atoms with E-state index in [-0.39, 0.29) is 0 Å². The molecule has 60 heavy (non-hydrogen) atoms. The summed E-state index contributed by atoms with van der Waals surface area (Å²) >= 11 is 0. The zero-order valence-corrected chi connectivity index (χ0v) is 32.9. The smallest absolute Gasteiger partial charge is 0.159 e. The fourth-order valence-corrected chi connectivity index (χ4v) is 8.74. The number of nitrogens with zero attached hydrogens (tertiary/aromatic N) is 1. The Balaban J connectivity index is 1.08. The summed E-state index contributed by atoms with van der Waals surface area (Å²) in [6.45, 7) is 0. The Morgan fingerprint density at radius 3 is 1.55 bits per heavy atom. The molecule has 1 aromatic heterocycles. The second-order valence-electron chi connectivity index (χ2n) is 15.3. The zero-order valence-electron chi connectivity index (χ0n) is 32.9. The van der Waals surface area contributed by atoms with E-state index in [2.05, 4.69) is 241 Å². The van der Waals surface area contributed by atoms with Gasteiger partial charge in [-0.05, 0) is 115 Å². The van der Waals surface area contributed by atoms with E-state index in [1.54, 1.807) is 0 Å². The largest absolute Gasteiger partial charge is 0.454 e. The van der Waals surface area contributed by atoms with Crippen LogP contribution in [0.1, 0.15) is 0 Å². The predicted octanol–water partition coefficient (Wildman–Crippen LogP) is 16.5. The molecule has 10 aromatic carbocycles. The first-order valence-corrected chi connectivity index (χ1v) is 20.5. The standard InChI is InChI=1S/C58H39NO/c1-4-15-40(16-5-1)45-30-29-43-21-13-26-52(55(43)38-45)47-22-12-23-49(37-47)59(48-34-31-44(32-35-48)51-25-11-10-24-50(51)42-19-8-3-9-20-42)56-28-14-27-54-53-36-33-46(39-57(53)60-58(54)56)41-17-6-2-7-18-41/h1-39H. The summed E-state index contributed by atoms with van der Waals surface area (Å²) in [5, 5.41) is 4.61. The van der Waals surface area contributed by atoms with Gasteiger partial charge in [-0.2, -0.15) is 0 Å². The number of rotatable bonds is 8. The third kappa shape index (κ3) is 6.41. The van der Waals surface area contributed by atoms with Crippen LogP contribution in [0.15, 0.2) is 241 Å². The molecule has 282 valence electrons. The van der Waals surface area contributed by atoms with E-state index >= 15 is 0 Å². The fourth-order valence-electron chi connectivity index (χ4n) is 8.74. The average molecular weight is 766 g/mol. The summed E-state index contributed by atoms with van der Waals surface area (Å²) in [5.41, 5.74) is 16.6. The molecule has 11 rings (SSSR count). The minimum Gasteiger partial charge on any atom is -0.454 e. The summed E-state index contributed by atoms with van der Waals surface area (Å²) in [4.78, 5) is 2.35. The quantitative estimate of drug-likeness (QED) is 0.153. The van der Waals surface area contributed by atoms with Crippen LogP contribution in [0.25, 0.3) is 88.3 Å². The van der Waals surface area contributed by atoms with E-state index in [1.807, 2.05) is 0 Å². The Bertz CT molecular complexity index is 3290. The van der Waals surface area contributed by atoms with Crippen molar-refractivity contribution in [1.82, 2.24) is 0 Å². The van der Waals surface area contributed by atoms with Gasteiger partial charge in [-0.25, -0.2) is 0 Å². The van der Waals surface area contributed by atoms with Crippen LogP contribution in [0.3, 0.4) is 0 Å². The van der Waals surface area contributed by atoms with Crippen LogP contribution in [-0.4, -0.2) is 0 Å². The van der Waals surface area contributed by atoms with E-state index < -0.39 is 0 Å². The normalized spacial score (nSPS) is 11.3. The molecule has 0 bridgehead atoms. The number of fused-ring (bicyclic) bond motifs is 4. The Morgan fingerprint density at radius 2 is 0.833 bits per heavy atom. The topological polar surface area (TPSA) is 16.4 Å². The lowest BCUT2D eigenvalue weighted by atomic mass is 9.94. The van der Waals surface area contributed by atoms with Crippen molar-refractivity contribution in [3.63, 3.8) is 0 Å². The molecular weight excluding hydrogens is 727 g/mol. The van der Waals surface area contributed by atoms with Gasteiger partial charge in [0, 0.05) is 22.1 Å². The zero-order chi connectivity index (χ0) is 39.8. The second kappa shape index (κ2) is 15.1. The minimum atomic E-state index is 0.847. The maximum absolute atomic E-state index is 6.91. The molecule has 0 aliphatic rings. The van der Waals surface area contributed by atoms with E-state index in [0.717, 1.165) is 61.3 Å². The summed E-state index contributed by atoms with van der Waals surface area (Å²) < 4.78 is 6.91. The maximum Gasteiger partial charge on any atom is 0.159 e. The van der Waals surface area contributed by atoms with Crippen molar-refractivity contribution < 1.29 is 4.42 Å². The molecule has 0 radical (unpaired) electrons. The molecule has 0 spiro atoms. The van der Waals surface area contributed by atoms with Crippen LogP contribution in [0.2, 0.25) is 0 Å². The van der Waals surface area contributed by atoms with Crippen LogP contribution in [-0.2, 0) is 0 Å². The summed E-state index contributed by atoms with van der Waals surface area (Å²) in [7, 11) is 0. The molecule has 0 unspecified atom stereocenters. The minimum absolute atomic E-state index is 0.847. The van der Waals surface area contributed by atoms with Gasteiger partial charge in [-0.1, -0.05) is 188 Å². The van der Waals surface area contributed by atoms with Crippen molar-refractivity contribution in [3.8, 4) is 55.6 Å². The number of hydrogen-bond donors (Lipinski definition) is 0. The molecule has 0 aliphatic carbocycles. The van der Waals surface area contributed by atoms with E-state index in [4.69, 9.17) is 4.42 Å². The highest BCUT2D eigenvalue weighted by atomic mass is 16.3. The van der Waals surface area contributed by atoms with Crippen LogP contribution < -0.4 is 4.90 Å². The van der Waals surface area contributed by atoms with Gasteiger partial charge in [0.25, 0.3) is 0 Å². The molecule has 0 amide bonds. The first-order valence-electron chi connectivity index (χ1n) is 20.5. The van der Waals surface area contributed by atoms with Crippen molar-refractivity contribution in [1.29, 1.82) is 0 Å².